The topological polar surface area (TPSA) is 91.7 Å². The summed E-state index contributed by atoms with van der Waals surface area (Å²) >= 11 is 0. The number of esters is 1. The highest BCUT2D eigenvalue weighted by molar-refractivity contribution is 5.79. The standard InChI is InChI=1S/C17H22N4O3/c1-16(7-8-16)15(22)23-9-17(2)6-5-13(24-17)11-3-4-12-14(18)19-10-20-21(11)12/h3-4,10,13H,5-9H2,1-2H3,(H2,18,19,20)/t13?,17-/m0/s1. The predicted octanol–water partition coefficient (Wildman–Crippen LogP) is 2.27. The van der Waals surface area contributed by atoms with Crippen LogP contribution in [0, 0.1) is 5.41 Å². The average molecular weight is 330 g/mol. The molecule has 0 bridgehead atoms. The Bertz CT molecular complexity index is 798. The van der Waals surface area contributed by atoms with Gasteiger partial charge in [-0.05, 0) is 51.7 Å². The highest BCUT2D eigenvalue weighted by atomic mass is 16.6. The monoisotopic (exact) mass is 330 g/mol. The lowest BCUT2D eigenvalue weighted by Crippen LogP contribution is -2.33. The number of rotatable bonds is 4. The molecule has 7 heteroatoms. The number of nitrogen functional groups attached to an aromatic ring is 1. The number of anilines is 1. The zero-order valence-corrected chi connectivity index (χ0v) is 14.0. The second-order valence-corrected chi connectivity index (χ2v) is 7.43. The van der Waals surface area contributed by atoms with E-state index in [1.54, 1.807) is 4.52 Å². The van der Waals surface area contributed by atoms with E-state index < -0.39 is 5.60 Å². The molecule has 24 heavy (non-hydrogen) atoms. The maximum absolute atomic E-state index is 12.0. The third kappa shape index (κ3) is 2.53. The fourth-order valence-corrected chi connectivity index (χ4v) is 3.21. The van der Waals surface area contributed by atoms with Gasteiger partial charge in [0.15, 0.2) is 5.82 Å². The van der Waals surface area contributed by atoms with Crippen LogP contribution in [0.3, 0.4) is 0 Å². The first-order valence-corrected chi connectivity index (χ1v) is 8.33. The number of aromatic nitrogens is 3. The van der Waals surface area contributed by atoms with Crippen LogP contribution in [0.25, 0.3) is 5.52 Å². The quantitative estimate of drug-likeness (QED) is 0.865. The van der Waals surface area contributed by atoms with Crippen LogP contribution in [-0.4, -0.2) is 32.8 Å². The van der Waals surface area contributed by atoms with E-state index in [1.807, 2.05) is 26.0 Å². The van der Waals surface area contributed by atoms with Crippen molar-refractivity contribution in [1.29, 1.82) is 0 Å². The molecule has 1 unspecified atom stereocenters. The molecule has 2 fully saturated rings. The van der Waals surface area contributed by atoms with Crippen molar-refractivity contribution in [3.8, 4) is 0 Å². The lowest BCUT2D eigenvalue weighted by atomic mass is 10.0. The first-order chi connectivity index (χ1) is 11.4. The van der Waals surface area contributed by atoms with E-state index in [-0.39, 0.29) is 17.5 Å². The van der Waals surface area contributed by atoms with Crippen LogP contribution in [0.15, 0.2) is 18.5 Å². The van der Waals surface area contributed by atoms with E-state index >= 15 is 0 Å². The van der Waals surface area contributed by atoms with E-state index in [2.05, 4.69) is 10.1 Å². The summed E-state index contributed by atoms with van der Waals surface area (Å²) in [6, 6.07) is 3.87. The summed E-state index contributed by atoms with van der Waals surface area (Å²) in [5.74, 6) is 0.341. The molecule has 0 aromatic carbocycles. The van der Waals surface area contributed by atoms with Crippen LogP contribution in [-0.2, 0) is 14.3 Å². The molecule has 1 saturated heterocycles. The molecule has 1 aliphatic carbocycles. The highest BCUT2D eigenvalue weighted by Gasteiger charge is 2.48. The summed E-state index contributed by atoms with van der Waals surface area (Å²) in [4.78, 5) is 16.0. The van der Waals surface area contributed by atoms with E-state index in [0.29, 0.717) is 12.4 Å². The predicted molar refractivity (Wildman–Crippen MR) is 87.2 cm³/mol. The molecule has 0 amide bonds. The number of carbonyl (C=O) groups excluding carboxylic acids is 1. The maximum atomic E-state index is 12.0. The van der Waals surface area contributed by atoms with Gasteiger partial charge in [0.05, 0.1) is 11.1 Å². The van der Waals surface area contributed by atoms with Gasteiger partial charge in [-0.1, -0.05) is 0 Å². The molecular formula is C17H22N4O3. The van der Waals surface area contributed by atoms with Crippen molar-refractivity contribution in [2.45, 2.75) is 51.2 Å². The molecule has 2 aromatic rings. The first-order valence-electron chi connectivity index (χ1n) is 8.33. The number of ether oxygens (including phenoxy) is 2. The molecule has 1 saturated carbocycles. The Labute approximate surface area is 140 Å². The number of hydrogen-bond acceptors (Lipinski definition) is 6. The molecule has 0 spiro atoms. The van der Waals surface area contributed by atoms with Crippen molar-refractivity contribution >= 4 is 17.3 Å². The van der Waals surface area contributed by atoms with Crippen LogP contribution in [0.1, 0.15) is 51.3 Å². The summed E-state index contributed by atoms with van der Waals surface area (Å²) < 4.78 is 13.5. The Kier molecular flexibility index (Phi) is 3.32. The largest absolute Gasteiger partial charge is 0.462 e. The molecule has 7 nitrogen and oxygen atoms in total. The smallest absolute Gasteiger partial charge is 0.311 e. The third-order valence-corrected chi connectivity index (χ3v) is 5.20. The van der Waals surface area contributed by atoms with Gasteiger partial charge in [0, 0.05) is 0 Å². The van der Waals surface area contributed by atoms with Gasteiger partial charge in [-0.3, -0.25) is 4.79 Å². The van der Waals surface area contributed by atoms with Crippen molar-refractivity contribution in [2.24, 2.45) is 5.41 Å². The average Bonchev–Trinajstić information content (AvgIpc) is 2.99. The van der Waals surface area contributed by atoms with Crippen LogP contribution < -0.4 is 5.73 Å². The molecule has 2 aliphatic rings. The molecule has 2 atom stereocenters. The Morgan fingerprint density at radius 2 is 2.21 bits per heavy atom. The highest BCUT2D eigenvalue weighted by Crippen LogP contribution is 2.46. The van der Waals surface area contributed by atoms with Crippen molar-refractivity contribution in [2.75, 3.05) is 12.3 Å². The molecule has 128 valence electrons. The molecule has 1 aliphatic heterocycles. The maximum Gasteiger partial charge on any atom is 0.311 e. The van der Waals surface area contributed by atoms with Crippen molar-refractivity contribution in [3.05, 3.63) is 24.2 Å². The minimum absolute atomic E-state index is 0.0954. The summed E-state index contributed by atoms with van der Waals surface area (Å²) in [7, 11) is 0. The van der Waals surface area contributed by atoms with E-state index in [9.17, 15) is 4.79 Å². The number of nitrogens with two attached hydrogens (primary N) is 1. The van der Waals surface area contributed by atoms with Crippen molar-refractivity contribution < 1.29 is 14.3 Å². The lowest BCUT2D eigenvalue weighted by Gasteiger charge is -2.25. The normalized spacial score (nSPS) is 28.2. The molecule has 3 heterocycles. The molecular weight excluding hydrogens is 308 g/mol. The summed E-state index contributed by atoms with van der Waals surface area (Å²) in [6.45, 7) is 4.24. The first kappa shape index (κ1) is 15.4. The molecule has 0 radical (unpaired) electrons. The van der Waals surface area contributed by atoms with Crippen LogP contribution in [0.2, 0.25) is 0 Å². The molecule has 2 aromatic heterocycles. The second kappa shape index (κ2) is 5.17. The fraction of sp³-hybridized carbons (Fsp3) is 0.588. The van der Waals surface area contributed by atoms with Gasteiger partial charge in [-0.25, -0.2) is 9.50 Å². The number of carbonyl (C=O) groups is 1. The zero-order chi connectivity index (χ0) is 16.9. The number of nitrogens with zero attached hydrogens (tertiary/aromatic N) is 3. The van der Waals surface area contributed by atoms with E-state index in [0.717, 1.165) is 36.9 Å². The van der Waals surface area contributed by atoms with Crippen molar-refractivity contribution in [3.63, 3.8) is 0 Å². The molecule has 4 rings (SSSR count). The third-order valence-electron chi connectivity index (χ3n) is 5.20. The van der Waals surface area contributed by atoms with E-state index in [1.165, 1.54) is 6.33 Å². The number of fused-ring (bicyclic) bond motifs is 1. The fourth-order valence-electron chi connectivity index (χ4n) is 3.21. The summed E-state index contributed by atoms with van der Waals surface area (Å²) in [5.41, 5.74) is 6.87. The van der Waals surface area contributed by atoms with Crippen LogP contribution in [0.4, 0.5) is 5.82 Å². The Hall–Kier alpha value is -2.15. The van der Waals surface area contributed by atoms with Gasteiger partial charge >= 0.3 is 5.97 Å². The van der Waals surface area contributed by atoms with Crippen molar-refractivity contribution in [1.82, 2.24) is 14.6 Å². The Morgan fingerprint density at radius 1 is 1.42 bits per heavy atom. The Morgan fingerprint density at radius 3 is 2.96 bits per heavy atom. The van der Waals surface area contributed by atoms with Gasteiger partial charge in [0.1, 0.15) is 30.2 Å². The van der Waals surface area contributed by atoms with Gasteiger partial charge in [0.2, 0.25) is 0 Å². The molecule has 2 N–H and O–H groups in total. The summed E-state index contributed by atoms with van der Waals surface area (Å²) in [6.07, 6.45) is 4.86. The zero-order valence-electron chi connectivity index (χ0n) is 14.0. The van der Waals surface area contributed by atoms with Crippen LogP contribution in [0.5, 0.6) is 0 Å². The van der Waals surface area contributed by atoms with Gasteiger partial charge in [0.25, 0.3) is 0 Å². The summed E-state index contributed by atoms with van der Waals surface area (Å²) in [5, 5.41) is 4.27. The van der Waals surface area contributed by atoms with Gasteiger partial charge in [-0.15, -0.1) is 0 Å². The lowest BCUT2D eigenvalue weighted by molar-refractivity contribution is -0.159. The van der Waals surface area contributed by atoms with Gasteiger partial charge in [-0.2, -0.15) is 5.10 Å². The van der Waals surface area contributed by atoms with Gasteiger partial charge < -0.3 is 15.2 Å². The SMILES string of the molecule is CC1(C(=O)OC[C@]2(C)CCC(c3ccc4c(N)ncnn34)O2)CC1. The number of hydrogen-bond donors (Lipinski definition) is 1. The van der Waals surface area contributed by atoms with Crippen LogP contribution >= 0.6 is 0 Å². The minimum atomic E-state index is -0.464. The Balaban J connectivity index is 1.47. The van der Waals surface area contributed by atoms with E-state index in [4.69, 9.17) is 15.2 Å². The second-order valence-electron chi connectivity index (χ2n) is 7.43. The minimum Gasteiger partial charge on any atom is -0.462 e.